The van der Waals surface area contributed by atoms with Crippen LogP contribution in [0.25, 0.3) is 0 Å². The van der Waals surface area contributed by atoms with Gasteiger partial charge in [0.25, 0.3) is 10.1 Å². The molecule has 0 atom stereocenters. The van der Waals surface area contributed by atoms with Crippen LogP contribution in [-0.2, 0) is 19.8 Å². The number of hydrogen-bond acceptors (Lipinski definition) is 3. The smallest absolute Gasteiger partial charge is 0.294 e. The minimum Gasteiger partial charge on any atom is -0.311 e. The molecule has 0 unspecified atom stereocenters. The highest BCUT2D eigenvalue weighted by molar-refractivity contribution is 14.1. The summed E-state index contributed by atoms with van der Waals surface area (Å²) in [6.07, 6.45) is 0. The number of rotatable bonds is 3. The molecular formula is C7H7IO4S. The monoisotopic (exact) mass is 314 g/mol. The van der Waals surface area contributed by atoms with E-state index in [9.17, 15) is 8.42 Å². The Morgan fingerprint density at radius 2 is 2.15 bits per heavy atom. The molecule has 4 nitrogen and oxygen atoms in total. The van der Waals surface area contributed by atoms with E-state index >= 15 is 0 Å². The van der Waals surface area contributed by atoms with Gasteiger partial charge in [0.05, 0.1) is 11.5 Å². The molecule has 0 aliphatic heterocycles. The normalized spacial score (nSPS) is 11.5. The summed E-state index contributed by atoms with van der Waals surface area (Å²) in [6.45, 7) is 0.309. The third kappa shape index (κ3) is 3.22. The van der Waals surface area contributed by atoms with Crippen molar-refractivity contribution in [3.63, 3.8) is 0 Å². The molecule has 0 saturated carbocycles. The molecule has 0 bridgehead atoms. The molecule has 0 saturated heterocycles. The van der Waals surface area contributed by atoms with Crippen LogP contribution < -0.4 is 0 Å². The summed E-state index contributed by atoms with van der Waals surface area (Å²) >= 11 is 1.71. The van der Waals surface area contributed by atoms with Gasteiger partial charge >= 0.3 is 0 Å². The highest BCUT2D eigenvalue weighted by Crippen LogP contribution is 2.12. The second-order valence-corrected chi connectivity index (χ2v) is 4.42. The summed E-state index contributed by atoms with van der Waals surface area (Å²) < 4.78 is 34.9. The second kappa shape index (κ2) is 4.36. The van der Waals surface area contributed by atoms with Crippen molar-refractivity contribution in [2.24, 2.45) is 0 Å². The van der Waals surface area contributed by atoms with Gasteiger partial charge in [-0.3, -0.25) is 4.55 Å². The Labute approximate surface area is 90.4 Å². The topological polar surface area (TPSA) is 63.6 Å². The van der Waals surface area contributed by atoms with Gasteiger partial charge in [0.1, 0.15) is 23.0 Å². The standard InChI is InChI=1S/C7H7IO4S/c8-12-5-6-2-1-3-7(4-6)13(9,10)11/h1-4H,5H2,(H,9,10,11). The van der Waals surface area contributed by atoms with Gasteiger partial charge in [-0.2, -0.15) is 8.42 Å². The summed E-state index contributed by atoms with van der Waals surface area (Å²) in [5, 5.41) is 0. The van der Waals surface area contributed by atoms with Crippen LogP contribution in [0.1, 0.15) is 5.56 Å². The van der Waals surface area contributed by atoms with Gasteiger partial charge in [0.15, 0.2) is 0 Å². The molecule has 1 N–H and O–H groups in total. The Bertz CT molecular complexity index is 387. The van der Waals surface area contributed by atoms with Crippen molar-refractivity contribution in [3.8, 4) is 0 Å². The summed E-state index contributed by atoms with van der Waals surface area (Å²) in [5.74, 6) is 0. The number of benzene rings is 1. The fraction of sp³-hybridized carbons (Fsp3) is 0.143. The molecule has 0 radical (unpaired) electrons. The maximum atomic E-state index is 10.7. The van der Waals surface area contributed by atoms with Crippen molar-refractivity contribution in [2.75, 3.05) is 0 Å². The van der Waals surface area contributed by atoms with Crippen LogP contribution in [0.4, 0.5) is 0 Å². The molecule has 0 aromatic heterocycles. The average molecular weight is 314 g/mol. The van der Waals surface area contributed by atoms with E-state index in [2.05, 4.69) is 0 Å². The minimum absolute atomic E-state index is 0.113. The molecule has 0 spiro atoms. The van der Waals surface area contributed by atoms with Gasteiger partial charge in [0, 0.05) is 0 Å². The van der Waals surface area contributed by atoms with E-state index in [1.807, 2.05) is 0 Å². The van der Waals surface area contributed by atoms with E-state index in [0.717, 1.165) is 0 Å². The summed E-state index contributed by atoms with van der Waals surface area (Å²) in [5.41, 5.74) is 0.699. The fourth-order valence-electron chi connectivity index (χ4n) is 0.859. The van der Waals surface area contributed by atoms with E-state index in [1.54, 1.807) is 35.1 Å². The van der Waals surface area contributed by atoms with E-state index in [0.29, 0.717) is 12.2 Å². The lowest BCUT2D eigenvalue weighted by Crippen LogP contribution is -1.98. The van der Waals surface area contributed by atoms with Crippen molar-refractivity contribution >= 4 is 33.1 Å². The number of hydrogen-bond donors (Lipinski definition) is 1. The summed E-state index contributed by atoms with van der Waals surface area (Å²) in [7, 11) is -4.10. The van der Waals surface area contributed by atoms with Crippen LogP contribution >= 0.6 is 23.0 Å². The predicted molar refractivity (Wildman–Crippen MR) is 55.1 cm³/mol. The van der Waals surface area contributed by atoms with Crippen LogP contribution in [0.5, 0.6) is 0 Å². The van der Waals surface area contributed by atoms with Crippen LogP contribution in [-0.4, -0.2) is 13.0 Å². The van der Waals surface area contributed by atoms with Crippen molar-refractivity contribution in [1.29, 1.82) is 0 Å². The minimum atomic E-state index is -4.10. The van der Waals surface area contributed by atoms with Crippen molar-refractivity contribution < 1.29 is 16.0 Å². The molecule has 0 amide bonds. The lowest BCUT2D eigenvalue weighted by atomic mass is 10.2. The Balaban J connectivity index is 3.06. The summed E-state index contributed by atoms with van der Waals surface area (Å²) in [4.78, 5) is -0.113. The van der Waals surface area contributed by atoms with Gasteiger partial charge in [0.2, 0.25) is 0 Å². The van der Waals surface area contributed by atoms with Gasteiger partial charge in [-0.05, 0) is 17.7 Å². The van der Waals surface area contributed by atoms with Crippen LogP contribution in [0.3, 0.4) is 0 Å². The molecule has 1 aromatic carbocycles. The predicted octanol–water partition coefficient (Wildman–Crippen LogP) is 1.80. The van der Waals surface area contributed by atoms with E-state index < -0.39 is 10.1 Å². The molecule has 0 heterocycles. The zero-order chi connectivity index (χ0) is 9.90. The molecule has 13 heavy (non-hydrogen) atoms. The first-order chi connectivity index (χ1) is 6.04. The fourth-order valence-corrected chi connectivity index (χ4v) is 1.77. The average Bonchev–Trinajstić information content (AvgIpc) is 2.04. The van der Waals surface area contributed by atoms with E-state index in [1.165, 1.54) is 12.1 Å². The Kier molecular flexibility index (Phi) is 3.65. The van der Waals surface area contributed by atoms with Crippen LogP contribution in [0.2, 0.25) is 0 Å². The number of halogens is 1. The zero-order valence-electron chi connectivity index (χ0n) is 6.47. The first-order valence-corrected chi connectivity index (χ1v) is 5.66. The summed E-state index contributed by atoms with van der Waals surface area (Å²) in [6, 6.07) is 5.96. The van der Waals surface area contributed by atoms with Gasteiger partial charge < -0.3 is 3.07 Å². The molecule has 72 valence electrons. The van der Waals surface area contributed by atoms with Crippen LogP contribution in [0, 0.1) is 0 Å². The molecule has 0 aliphatic carbocycles. The molecule has 1 aromatic rings. The van der Waals surface area contributed by atoms with Crippen LogP contribution in [0.15, 0.2) is 29.2 Å². The third-order valence-electron chi connectivity index (χ3n) is 1.42. The lowest BCUT2D eigenvalue weighted by Gasteiger charge is -2.00. The zero-order valence-corrected chi connectivity index (χ0v) is 9.45. The van der Waals surface area contributed by atoms with Gasteiger partial charge in [-0.25, -0.2) is 0 Å². The molecule has 6 heteroatoms. The van der Waals surface area contributed by atoms with Gasteiger partial charge in [-0.1, -0.05) is 12.1 Å². The quantitative estimate of drug-likeness (QED) is 0.682. The first kappa shape index (κ1) is 10.9. The van der Waals surface area contributed by atoms with Crippen molar-refractivity contribution in [1.82, 2.24) is 0 Å². The van der Waals surface area contributed by atoms with Crippen molar-refractivity contribution in [2.45, 2.75) is 11.5 Å². The molecule has 0 aliphatic rings. The van der Waals surface area contributed by atoms with E-state index in [-0.39, 0.29) is 4.90 Å². The van der Waals surface area contributed by atoms with E-state index in [4.69, 9.17) is 7.62 Å². The molecule has 1 rings (SSSR count). The first-order valence-electron chi connectivity index (χ1n) is 3.34. The Morgan fingerprint density at radius 1 is 1.46 bits per heavy atom. The van der Waals surface area contributed by atoms with Gasteiger partial charge in [-0.15, -0.1) is 0 Å². The molecule has 0 fully saturated rings. The Hall–Kier alpha value is -0.180. The molecular weight excluding hydrogens is 307 g/mol. The highest BCUT2D eigenvalue weighted by Gasteiger charge is 2.08. The maximum absolute atomic E-state index is 10.7. The second-order valence-electron chi connectivity index (χ2n) is 2.38. The largest absolute Gasteiger partial charge is 0.311 e. The lowest BCUT2D eigenvalue weighted by molar-refractivity contribution is 0.417. The highest BCUT2D eigenvalue weighted by atomic mass is 127. The SMILES string of the molecule is O=S(=O)(O)c1cccc(COI)c1. The maximum Gasteiger partial charge on any atom is 0.294 e. The Morgan fingerprint density at radius 3 is 2.69 bits per heavy atom. The third-order valence-corrected chi connectivity index (χ3v) is 2.58. The van der Waals surface area contributed by atoms with Crippen molar-refractivity contribution in [3.05, 3.63) is 29.8 Å².